The Bertz CT molecular complexity index is 1180. The van der Waals surface area contributed by atoms with Crippen LogP contribution in [0.2, 0.25) is 5.02 Å². The summed E-state index contributed by atoms with van der Waals surface area (Å²) in [7, 11) is 0.614. The minimum atomic E-state index is -0.355. The molecule has 1 aromatic heterocycles. The molecule has 0 aliphatic heterocycles. The third-order valence-corrected chi connectivity index (χ3v) is 5.45. The van der Waals surface area contributed by atoms with E-state index in [0.29, 0.717) is 18.0 Å². The fraction of sp³-hybridized carbons (Fsp3) is 0.0800. The second-order valence-corrected chi connectivity index (χ2v) is 7.48. The molecule has 2 nitrogen and oxygen atoms in total. The van der Waals surface area contributed by atoms with E-state index in [9.17, 15) is 4.39 Å². The van der Waals surface area contributed by atoms with Crippen molar-refractivity contribution in [3.63, 3.8) is 0 Å². The number of imidazole rings is 1. The summed E-state index contributed by atoms with van der Waals surface area (Å²) in [5, 5.41) is 0.357. The van der Waals surface area contributed by atoms with Crippen molar-refractivity contribution in [3.05, 3.63) is 113 Å². The van der Waals surface area contributed by atoms with Crippen molar-refractivity contribution in [2.75, 3.05) is 0 Å². The van der Waals surface area contributed by atoms with Gasteiger partial charge in [0.2, 0.25) is 7.28 Å². The van der Waals surface area contributed by atoms with Crippen LogP contribution in [-0.2, 0) is 6.42 Å². The molecule has 0 radical (unpaired) electrons. The predicted molar refractivity (Wildman–Crippen MR) is 125 cm³/mol. The van der Waals surface area contributed by atoms with Crippen LogP contribution in [-0.4, -0.2) is 16.8 Å². The first-order valence-electron chi connectivity index (χ1n) is 9.97. The number of hydrogen-bond donors (Lipinski definition) is 0. The molecule has 0 amide bonds. The average molecular weight is 415 g/mol. The monoisotopic (exact) mass is 414 g/mol. The van der Waals surface area contributed by atoms with E-state index in [0.717, 1.165) is 23.2 Å². The molecular weight excluding hydrogens is 394 g/mol. The van der Waals surface area contributed by atoms with Gasteiger partial charge in [-0.2, -0.15) is 0 Å². The molecule has 4 rings (SSSR count). The molecule has 0 bridgehead atoms. The summed E-state index contributed by atoms with van der Waals surface area (Å²) in [6.07, 6.45) is 6.81. The Kier molecular flexibility index (Phi) is 6.15. The van der Waals surface area contributed by atoms with Crippen molar-refractivity contribution in [1.29, 1.82) is 0 Å². The quantitative estimate of drug-likeness (QED) is 0.301. The van der Waals surface area contributed by atoms with Crippen LogP contribution >= 0.6 is 11.6 Å². The summed E-state index contributed by atoms with van der Waals surface area (Å²) in [5.74, 6) is -0.355. The molecular formula is C25H21BClFN2. The highest BCUT2D eigenvalue weighted by Gasteiger charge is 2.14. The van der Waals surface area contributed by atoms with Gasteiger partial charge in [-0.1, -0.05) is 84.7 Å². The molecule has 5 heteroatoms. The summed E-state index contributed by atoms with van der Waals surface area (Å²) in [6, 6.07) is 23.2. The van der Waals surface area contributed by atoms with E-state index in [1.165, 1.54) is 23.3 Å². The second kappa shape index (κ2) is 9.14. The van der Waals surface area contributed by atoms with Crippen molar-refractivity contribution in [2.24, 2.45) is 0 Å². The minimum Gasteiger partial charge on any atom is -0.310 e. The van der Waals surface area contributed by atoms with Crippen molar-refractivity contribution < 1.29 is 4.39 Å². The number of rotatable bonds is 6. The summed E-state index contributed by atoms with van der Waals surface area (Å²) >= 11 is 6.31. The van der Waals surface area contributed by atoms with E-state index in [-0.39, 0.29) is 5.82 Å². The maximum Gasteiger partial charge on any atom is 0.239 e. The molecule has 0 spiro atoms. The number of aromatic nitrogens is 2. The average Bonchev–Trinajstić information content (AvgIpc) is 3.22. The highest BCUT2D eigenvalue weighted by Crippen LogP contribution is 2.23. The Labute approximate surface area is 181 Å². The third-order valence-electron chi connectivity index (χ3n) is 5.15. The van der Waals surface area contributed by atoms with Crippen LogP contribution in [0.15, 0.2) is 85.2 Å². The van der Waals surface area contributed by atoms with E-state index in [1.807, 2.05) is 29.0 Å². The lowest BCUT2D eigenvalue weighted by Gasteiger charge is -2.13. The fourth-order valence-corrected chi connectivity index (χ4v) is 3.86. The van der Waals surface area contributed by atoms with E-state index in [2.05, 4.69) is 54.4 Å². The van der Waals surface area contributed by atoms with E-state index in [1.54, 1.807) is 12.3 Å². The number of hydrogen-bond acceptors (Lipinski definition) is 1. The number of benzene rings is 3. The van der Waals surface area contributed by atoms with Crippen molar-refractivity contribution in [3.8, 4) is 5.69 Å². The Morgan fingerprint density at radius 1 is 1.07 bits per heavy atom. The lowest BCUT2D eigenvalue weighted by molar-refractivity contribution is 0.627. The highest BCUT2D eigenvalue weighted by atomic mass is 35.5. The molecule has 0 atom stereocenters. The van der Waals surface area contributed by atoms with Gasteiger partial charge < -0.3 is 4.57 Å². The molecule has 4 aromatic rings. The maximum atomic E-state index is 13.5. The Morgan fingerprint density at radius 3 is 2.60 bits per heavy atom. The smallest absolute Gasteiger partial charge is 0.239 e. The molecule has 1 heterocycles. The minimum absolute atomic E-state index is 0.355. The van der Waals surface area contributed by atoms with Gasteiger partial charge in [0.05, 0.1) is 16.4 Å². The SMILES string of the molecule is CCc1ccccc1C=C(Bc1nccn1-c1ccc(F)cc1Cl)c1ccccc1. The molecule has 0 N–H and O–H groups in total. The molecule has 0 aliphatic rings. The van der Waals surface area contributed by atoms with Gasteiger partial charge >= 0.3 is 0 Å². The molecule has 0 aliphatic carbocycles. The Balaban J connectivity index is 1.78. The Hall–Kier alpha value is -3.11. The molecule has 0 unspecified atom stereocenters. The van der Waals surface area contributed by atoms with Crippen molar-refractivity contribution >= 4 is 36.2 Å². The standard InChI is InChI=1S/C25H21BClFN2/c1-2-18-8-6-7-11-20(18)16-22(19-9-4-3-5-10-19)26-25-29-14-15-30(25)24-13-12-21(28)17-23(24)27/h3-17,26H,2H2,1H3. The molecule has 3 aromatic carbocycles. The summed E-state index contributed by atoms with van der Waals surface area (Å²) in [4.78, 5) is 4.58. The lowest BCUT2D eigenvalue weighted by atomic mass is 9.65. The number of nitrogens with zero attached hydrogens (tertiary/aromatic N) is 2. The van der Waals surface area contributed by atoms with Gasteiger partial charge in [0.15, 0.2) is 0 Å². The first kappa shape index (κ1) is 20.2. The third kappa shape index (κ3) is 4.39. The highest BCUT2D eigenvalue weighted by molar-refractivity contribution is 6.73. The lowest BCUT2D eigenvalue weighted by Crippen LogP contribution is -2.26. The van der Waals surface area contributed by atoms with Crippen LogP contribution in [0.1, 0.15) is 23.6 Å². The summed E-state index contributed by atoms with van der Waals surface area (Å²) in [6.45, 7) is 2.16. The predicted octanol–water partition coefficient (Wildman–Crippen LogP) is 5.49. The van der Waals surface area contributed by atoms with E-state index >= 15 is 0 Å². The van der Waals surface area contributed by atoms with Gasteiger partial charge in [0, 0.05) is 12.4 Å². The van der Waals surface area contributed by atoms with Gasteiger partial charge in [-0.3, -0.25) is 4.98 Å². The van der Waals surface area contributed by atoms with Crippen LogP contribution in [0, 0.1) is 5.82 Å². The van der Waals surface area contributed by atoms with Crippen molar-refractivity contribution in [2.45, 2.75) is 13.3 Å². The Morgan fingerprint density at radius 2 is 1.83 bits per heavy atom. The van der Waals surface area contributed by atoms with Crippen LogP contribution < -0.4 is 5.72 Å². The first-order chi connectivity index (χ1) is 14.7. The second-order valence-electron chi connectivity index (χ2n) is 7.07. The molecule has 0 fully saturated rings. The van der Waals surface area contributed by atoms with Crippen LogP contribution in [0.25, 0.3) is 17.2 Å². The number of halogens is 2. The number of aryl methyl sites for hydroxylation is 1. The molecule has 0 saturated carbocycles. The normalized spacial score (nSPS) is 11.5. The van der Waals surface area contributed by atoms with E-state index < -0.39 is 0 Å². The molecule has 148 valence electrons. The topological polar surface area (TPSA) is 17.8 Å². The van der Waals surface area contributed by atoms with Gasteiger partial charge in [-0.25, -0.2) is 4.39 Å². The molecule has 30 heavy (non-hydrogen) atoms. The van der Waals surface area contributed by atoms with Crippen LogP contribution in [0.3, 0.4) is 0 Å². The maximum absolute atomic E-state index is 13.5. The van der Waals surface area contributed by atoms with Gasteiger partial charge in [0.1, 0.15) is 5.82 Å². The van der Waals surface area contributed by atoms with Crippen LogP contribution in [0.4, 0.5) is 4.39 Å². The van der Waals surface area contributed by atoms with Crippen LogP contribution in [0.5, 0.6) is 0 Å². The zero-order valence-corrected chi connectivity index (χ0v) is 17.5. The van der Waals surface area contributed by atoms with Crippen molar-refractivity contribution in [1.82, 2.24) is 9.55 Å². The molecule has 0 saturated heterocycles. The zero-order valence-electron chi connectivity index (χ0n) is 16.7. The largest absolute Gasteiger partial charge is 0.310 e. The van der Waals surface area contributed by atoms with Gasteiger partial charge in [-0.15, -0.1) is 0 Å². The van der Waals surface area contributed by atoms with Gasteiger partial charge in [0.25, 0.3) is 0 Å². The first-order valence-corrected chi connectivity index (χ1v) is 10.3. The van der Waals surface area contributed by atoms with Gasteiger partial charge in [-0.05, 0) is 41.3 Å². The summed E-state index contributed by atoms with van der Waals surface area (Å²) in [5.41, 5.74) is 6.36. The fourth-order valence-electron chi connectivity index (χ4n) is 3.60. The zero-order chi connectivity index (χ0) is 20.9. The summed E-state index contributed by atoms with van der Waals surface area (Å²) < 4.78 is 15.4. The van der Waals surface area contributed by atoms with E-state index in [4.69, 9.17) is 11.6 Å².